The smallest absolute Gasteiger partial charge is 0.343 e. The van der Waals surface area contributed by atoms with Crippen molar-refractivity contribution in [2.24, 2.45) is 35.5 Å². The molecule has 7 atom stereocenters. The van der Waals surface area contributed by atoms with Crippen LogP contribution in [-0.4, -0.2) is 47.1 Å². The summed E-state index contributed by atoms with van der Waals surface area (Å²) in [6.45, 7) is 0.888. The van der Waals surface area contributed by atoms with Crippen molar-refractivity contribution in [1.82, 2.24) is 4.90 Å². The predicted octanol–water partition coefficient (Wildman–Crippen LogP) is 4.38. The van der Waals surface area contributed by atoms with Crippen molar-refractivity contribution in [2.75, 3.05) is 6.61 Å². The first-order valence-electron chi connectivity index (χ1n) is 12.7. The number of ether oxygens (including phenoxy) is 2. The van der Waals surface area contributed by atoms with Crippen LogP contribution >= 0.6 is 23.2 Å². The summed E-state index contributed by atoms with van der Waals surface area (Å²) >= 11 is 11.8. The van der Waals surface area contributed by atoms with Gasteiger partial charge in [0, 0.05) is 5.56 Å². The fourth-order valence-corrected chi connectivity index (χ4v) is 6.60. The van der Waals surface area contributed by atoms with Gasteiger partial charge in [0.25, 0.3) is 0 Å². The lowest BCUT2D eigenvalue weighted by molar-refractivity contribution is -0.157. The molecule has 39 heavy (non-hydrogen) atoms. The van der Waals surface area contributed by atoms with E-state index in [1.807, 2.05) is 0 Å². The zero-order valence-electron chi connectivity index (χ0n) is 20.7. The molecule has 5 aliphatic rings. The van der Waals surface area contributed by atoms with Gasteiger partial charge in [0.1, 0.15) is 11.8 Å². The van der Waals surface area contributed by atoms with E-state index in [9.17, 15) is 24.0 Å². The SMILES string of the molecule is CC(C(=O)OCC(=O)c1ccc(OC(=O)c2ccc(Cl)c(Cl)c2)cc1)N1C(=O)C2C3C=CC(C4CC34)C2C1=O. The summed E-state index contributed by atoms with van der Waals surface area (Å²) in [7, 11) is 0. The minimum Gasteiger partial charge on any atom is -0.456 e. The topological polar surface area (TPSA) is 107 Å². The molecule has 2 bridgehead atoms. The molecule has 2 amide bonds. The highest BCUT2D eigenvalue weighted by Gasteiger charge is 2.67. The second kappa shape index (κ2) is 9.61. The number of allylic oxidation sites excluding steroid dienone is 2. The van der Waals surface area contributed by atoms with Crippen LogP contribution in [0.25, 0.3) is 0 Å². The van der Waals surface area contributed by atoms with Crippen molar-refractivity contribution >= 4 is 52.7 Å². The minimum atomic E-state index is -1.12. The monoisotopic (exact) mass is 567 g/mol. The zero-order chi connectivity index (χ0) is 27.6. The predicted molar refractivity (Wildman–Crippen MR) is 139 cm³/mol. The fourth-order valence-electron chi connectivity index (χ4n) is 6.31. The maximum atomic E-state index is 13.2. The molecule has 1 aliphatic heterocycles. The van der Waals surface area contributed by atoms with Crippen molar-refractivity contribution in [1.29, 1.82) is 0 Å². The van der Waals surface area contributed by atoms with Crippen LogP contribution in [0.15, 0.2) is 54.6 Å². The largest absolute Gasteiger partial charge is 0.456 e. The number of esters is 2. The van der Waals surface area contributed by atoms with Crippen molar-refractivity contribution < 1.29 is 33.4 Å². The Balaban J connectivity index is 1.04. The quantitative estimate of drug-likeness (QED) is 0.160. The van der Waals surface area contributed by atoms with Crippen molar-refractivity contribution in [3.05, 3.63) is 75.8 Å². The molecule has 8 nitrogen and oxygen atoms in total. The van der Waals surface area contributed by atoms with Crippen LogP contribution in [0, 0.1) is 35.5 Å². The average Bonchev–Trinajstić information content (AvgIpc) is 3.71. The van der Waals surface area contributed by atoms with Gasteiger partial charge in [-0.25, -0.2) is 9.59 Å². The van der Waals surface area contributed by atoms with E-state index in [0.29, 0.717) is 16.9 Å². The van der Waals surface area contributed by atoms with Crippen molar-refractivity contribution in [3.63, 3.8) is 0 Å². The summed E-state index contributed by atoms with van der Waals surface area (Å²) < 4.78 is 10.5. The standard InChI is InChI=1S/C29H23Cl2NO7/c1-13(32-26(34)24-17-7-8-18(20-11-19(17)20)25(24)27(32)35)28(36)38-12-23(33)14-2-5-16(6-3-14)39-29(37)15-4-9-21(30)22(31)10-15/h2-10,13,17-20,24-25H,11-12H2,1H3. The Morgan fingerprint density at radius 1 is 0.897 bits per heavy atom. The number of hydrogen-bond donors (Lipinski definition) is 0. The van der Waals surface area contributed by atoms with Gasteiger partial charge in [-0.15, -0.1) is 0 Å². The number of hydrogen-bond acceptors (Lipinski definition) is 7. The normalized spacial score (nSPS) is 28.5. The summed E-state index contributed by atoms with van der Waals surface area (Å²) in [5.41, 5.74) is 0.437. The molecule has 0 N–H and O–H groups in total. The molecular weight excluding hydrogens is 545 g/mol. The summed E-state index contributed by atoms with van der Waals surface area (Å²) in [6.07, 6.45) is 5.18. The van der Waals surface area contributed by atoms with Gasteiger partial charge in [-0.2, -0.15) is 0 Å². The third kappa shape index (κ3) is 4.36. The minimum absolute atomic E-state index is 0.0579. The number of carbonyl (C=O) groups excluding carboxylic acids is 5. The van der Waals surface area contributed by atoms with Crippen LogP contribution in [0.3, 0.4) is 0 Å². The Morgan fingerprint density at radius 3 is 2.08 bits per heavy atom. The first-order chi connectivity index (χ1) is 18.7. The maximum Gasteiger partial charge on any atom is 0.343 e. The summed E-state index contributed by atoms with van der Waals surface area (Å²) in [4.78, 5) is 65.1. The van der Waals surface area contributed by atoms with Crippen LogP contribution < -0.4 is 4.74 Å². The van der Waals surface area contributed by atoms with Crippen LogP contribution in [0.2, 0.25) is 10.0 Å². The summed E-state index contributed by atoms with van der Waals surface area (Å²) in [5.74, 6) is -2.18. The Kier molecular flexibility index (Phi) is 6.35. The number of halogens is 2. The summed E-state index contributed by atoms with van der Waals surface area (Å²) in [5, 5.41) is 0.525. The van der Waals surface area contributed by atoms with Gasteiger partial charge in [0.2, 0.25) is 11.8 Å². The highest BCUT2D eigenvalue weighted by Crippen LogP contribution is 2.65. The van der Waals surface area contributed by atoms with E-state index in [4.69, 9.17) is 32.7 Å². The Morgan fingerprint density at radius 2 is 1.49 bits per heavy atom. The van der Waals surface area contributed by atoms with E-state index >= 15 is 0 Å². The molecule has 7 unspecified atom stereocenters. The number of likely N-dealkylation sites (tertiary alicyclic amines) is 1. The Labute approximate surface area is 233 Å². The second-order valence-corrected chi connectivity index (χ2v) is 11.3. The fraction of sp³-hybridized carbons (Fsp3) is 0.345. The molecule has 0 spiro atoms. The number of rotatable bonds is 7. The van der Waals surface area contributed by atoms with Gasteiger partial charge in [-0.05, 0) is 79.5 Å². The van der Waals surface area contributed by atoms with E-state index in [2.05, 4.69) is 12.2 Å². The van der Waals surface area contributed by atoms with E-state index in [0.717, 1.165) is 11.3 Å². The van der Waals surface area contributed by atoms with Crippen LogP contribution in [0.5, 0.6) is 5.75 Å². The first-order valence-corrected chi connectivity index (χ1v) is 13.4. The molecule has 10 heteroatoms. The van der Waals surface area contributed by atoms with E-state index in [1.54, 1.807) is 0 Å². The number of Topliss-reactive ketones (excluding diaryl/α,β-unsaturated/α-hetero) is 1. The third-order valence-electron chi connectivity index (χ3n) is 8.31. The molecule has 7 rings (SSSR count). The molecule has 3 fully saturated rings. The van der Waals surface area contributed by atoms with Gasteiger partial charge in [-0.3, -0.25) is 19.3 Å². The van der Waals surface area contributed by atoms with Gasteiger partial charge < -0.3 is 9.47 Å². The van der Waals surface area contributed by atoms with Crippen molar-refractivity contribution in [2.45, 2.75) is 19.4 Å². The molecule has 2 aromatic rings. The number of benzene rings is 2. The Hall–Kier alpha value is -3.49. The number of carbonyl (C=O) groups is 5. The van der Waals surface area contributed by atoms with Crippen LogP contribution in [0.1, 0.15) is 34.1 Å². The molecule has 200 valence electrons. The van der Waals surface area contributed by atoms with E-state index in [1.165, 1.54) is 49.4 Å². The molecule has 2 saturated carbocycles. The highest BCUT2D eigenvalue weighted by molar-refractivity contribution is 6.42. The lowest BCUT2D eigenvalue weighted by atomic mass is 9.63. The highest BCUT2D eigenvalue weighted by atomic mass is 35.5. The molecule has 0 radical (unpaired) electrons. The second-order valence-electron chi connectivity index (χ2n) is 10.5. The Bertz CT molecular complexity index is 1420. The first kappa shape index (κ1) is 25.8. The maximum absolute atomic E-state index is 13.2. The van der Waals surface area contributed by atoms with Gasteiger partial charge in [0.15, 0.2) is 12.4 Å². The third-order valence-corrected chi connectivity index (χ3v) is 9.05. The molecule has 1 heterocycles. The average molecular weight is 568 g/mol. The molecular formula is C29H23Cl2NO7. The summed E-state index contributed by atoms with van der Waals surface area (Å²) in [6, 6.07) is 8.96. The van der Waals surface area contributed by atoms with Crippen LogP contribution in [0.4, 0.5) is 0 Å². The van der Waals surface area contributed by atoms with Gasteiger partial charge in [0.05, 0.1) is 27.4 Å². The molecule has 1 saturated heterocycles. The van der Waals surface area contributed by atoms with Gasteiger partial charge in [-0.1, -0.05) is 35.4 Å². The number of amides is 2. The number of imide groups is 1. The number of ketones is 1. The van der Waals surface area contributed by atoms with Crippen LogP contribution in [-0.2, 0) is 19.1 Å². The lowest BCUT2D eigenvalue weighted by Crippen LogP contribution is -2.45. The zero-order valence-corrected chi connectivity index (χ0v) is 22.2. The van der Waals surface area contributed by atoms with Gasteiger partial charge >= 0.3 is 11.9 Å². The van der Waals surface area contributed by atoms with Crippen molar-refractivity contribution in [3.8, 4) is 5.75 Å². The number of nitrogens with zero attached hydrogens (tertiary/aromatic N) is 1. The molecule has 2 aromatic carbocycles. The lowest BCUT2D eigenvalue weighted by Gasteiger charge is -2.37. The molecule has 0 aromatic heterocycles. The van der Waals surface area contributed by atoms with E-state index in [-0.39, 0.29) is 45.5 Å². The van der Waals surface area contributed by atoms with E-state index < -0.39 is 42.2 Å². The molecule has 4 aliphatic carbocycles.